The summed E-state index contributed by atoms with van der Waals surface area (Å²) >= 11 is 0. The van der Waals surface area contributed by atoms with Crippen LogP contribution in [0.25, 0.3) is 0 Å². The molecule has 0 bridgehead atoms. The largest absolute Gasteiger partial charge is 0.472 e. The molecule has 3 N–H and O–H groups in total. The minimum Gasteiger partial charge on any atom is -0.462 e. The zero-order valence-corrected chi connectivity index (χ0v) is 35.1. The minimum absolute atomic E-state index is 0.0496. The van der Waals surface area contributed by atoms with Gasteiger partial charge in [-0.1, -0.05) is 164 Å². The number of nitrogens with two attached hydrogens (primary N) is 1. The fraction of sp³-hybridized carbons (Fsp3) is 0.727. The number of ether oxygens (including phenoxy) is 2. The van der Waals surface area contributed by atoms with Gasteiger partial charge in [0.2, 0.25) is 0 Å². The van der Waals surface area contributed by atoms with Crippen LogP contribution in [0.15, 0.2) is 60.8 Å². The van der Waals surface area contributed by atoms with E-state index < -0.39 is 26.5 Å². The van der Waals surface area contributed by atoms with Crippen LogP contribution in [0.5, 0.6) is 0 Å². The number of hydrogen-bond donors (Lipinski definition) is 2. The lowest BCUT2D eigenvalue weighted by molar-refractivity contribution is -0.161. The Bertz CT molecular complexity index is 1070. The van der Waals surface area contributed by atoms with Crippen molar-refractivity contribution in [2.45, 2.75) is 180 Å². The standard InChI is InChI=1S/C44H78NO8P/c1-3-5-7-9-11-13-15-16-17-18-19-20-21-22-23-24-25-26-27-29-31-33-35-37-44(47)53-42(41-52-54(48,49)51-39-38-45)40-50-43(46)36-34-32-30-28-14-12-10-8-6-4-2/h5,7,11,13,16-17,19-20,22-23,42H,3-4,6,8-10,12,14-15,18,21,24-41,45H2,1-2H3,(H,48,49)/b7-5-,13-11-,17-16-,20-19-,23-22-. The molecule has 0 aromatic rings. The van der Waals surface area contributed by atoms with Gasteiger partial charge >= 0.3 is 19.8 Å². The van der Waals surface area contributed by atoms with Gasteiger partial charge in [-0.2, -0.15) is 0 Å². The van der Waals surface area contributed by atoms with Crippen LogP contribution in [0.4, 0.5) is 0 Å². The highest BCUT2D eigenvalue weighted by atomic mass is 31.2. The molecule has 312 valence electrons. The van der Waals surface area contributed by atoms with E-state index in [4.69, 9.17) is 24.3 Å². The highest BCUT2D eigenvalue weighted by Crippen LogP contribution is 2.43. The van der Waals surface area contributed by atoms with Crippen LogP contribution in [-0.2, 0) is 32.7 Å². The second-order valence-electron chi connectivity index (χ2n) is 13.8. The molecule has 10 heteroatoms. The average molecular weight is 780 g/mol. The van der Waals surface area contributed by atoms with Gasteiger partial charge in [-0.25, -0.2) is 4.57 Å². The Morgan fingerprint density at radius 2 is 1.02 bits per heavy atom. The summed E-state index contributed by atoms with van der Waals surface area (Å²) in [4.78, 5) is 34.8. The van der Waals surface area contributed by atoms with E-state index in [2.05, 4.69) is 74.6 Å². The first-order chi connectivity index (χ1) is 26.3. The molecule has 0 saturated heterocycles. The molecule has 0 fully saturated rings. The molecule has 0 aromatic heterocycles. The highest BCUT2D eigenvalue weighted by molar-refractivity contribution is 7.47. The number of carbonyl (C=O) groups excluding carboxylic acids is 2. The van der Waals surface area contributed by atoms with E-state index >= 15 is 0 Å². The number of phosphoric acid groups is 1. The van der Waals surface area contributed by atoms with E-state index in [0.717, 1.165) is 77.0 Å². The summed E-state index contributed by atoms with van der Waals surface area (Å²) in [6, 6.07) is 0. The Balaban J connectivity index is 4.13. The summed E-state index contributed by atoms with van der Waals surface area (Å²) in [7, 11) is -4.38. The van der Waals surface area contributed by atoms with Crippen molar-refractivity contribution in [1.29, 1.82) is 0 Å². The maximum atomic E-state index is 12.6. The molecule has 0 aromatic carbocycles. The van der Waals surface area contributed by atoms with Crippen molar-refractivity contribution in [2.75, 3.05) is 26.4 Å². The van der Waals surface area contributed by atoms with E-state index in [-0.39, 0.29) is 38.6 Å². The summed E-state index contributed by atoms with van der Waals surface area (Å²) in [6.07, 6.45) is 46.8. The summed E-state index contributed by atoms with van der Waals surface area (Å²) < 4.78 is 32.7. The Morgan fingerprint density at radius 1 is 0.574 bits per heavy atom. The lowest BCUT2D eigenvalue weighted by atomic mass is 10.1. The second-order valence-corrected chi connectivity index (χ2v) is 15.3. The van der Waals surface area contributed by atoms with Gasteiger partial charge in [-0.15, -0.1) is 0 Å². The summed E-state index contributed by atoms with van der Waals surface area (Å²) in [5, 5.41) is 0. The van der Waals surface area contributed by atoms with Gasteiger partial charge in [-0.3, -0.25) is 18.6 Å². The third-order valence-electron chi connectivity index (χ3n) is 8.67. The van der Waals surface area contributed by atoms with E-state index in [0.29, 0.717) is 6.42 Å². The third-order valence-corrected chi connectivity index (χ3v) is 9.65. The molecule has 0 rings (SSSR count). The fourth-order valence-corrected chi connectivity index (χ4v) is 6.31. The van der Waals surface area contributed by atoms with E-state index in [9.17, 15) is 19.0 Å². The molecular formula is C44H78NO8P. The maximum Gasteiger partial charge on any atom is 0.472 e. The number of esters is 2. The van der Waals surface area contributed by atoms with Crippen molar-refractivity contribution >= 4 is 19.8 Å². The van der Waals surface area contributed by atoms with Gasteiger partial charge in [0, 0.05) is 19.4 Å². The molecule has 0 radical (unpaired) electrons. The molecule has 0 heterocycles. The number of allylic oxidation sites excluding steroid dienone is 10. The Labute approximate surface area is 329 Å². The molecule has 0 amide bonds. The van der Waals surface area contributed by atoms with Crippen LogP contribution in [-0.4, -0.2) is 49.3 Å². The number of carbonyl (C=O) groups is 2. The number of phosphoric ester groups is 1. The van der Waals surface area contributed by atoms with Crippen molar-refractivity contribution in [3.05, 3.63) is 60.8 Å². The lowest BCUT2D eigenvalue weighted by Crippen LogP contribution is -2.29. The molecule has 2 unspecified atom stereocenters. The van der Waals surface area contributed by atoms with Gasteiger partial charge in [0.25, 0.3) is 0 Å². The Kier molecular flexibility index (Phi) is 38.7. The summed E-state index contributed by atoms with van der Waals surface area (Å²) in [5.41, 5.74) is 5.34. The van der Waals surface area contributed by atoms with E-state index in [1.54, 1.807) is 0 Å². The first kappa shape index (κ1) is 51.7. The second kappa shape index (κ2) is 40.4. The zero-order valence-electron chi connectivity index (χ0n) is 34.2. The van der Waals surface area contributed by atoms with Crippen LogP contribution in [0.2, 0.25) is 0 Å². The minimum atomic E-state index is -4.38. The highest BCUT2D eigenvalue weighted by Gasteiger charge is 2.26. The number of hydrogen-bond acceptors (Lipinski definition) is 8. The average Bonchev–Trinajstić information content (AvgIpc) is 3.16. The molecule has 9 nitrogen and oxygen atoms in total. The molecule has 54 heavy (non-hydrogen) atoms. The van der Waals surface area contributed by atoms with Crippen molar-refractivity contribution in [2.24, 2.45) is 5.73 Å². The fourth-order valence-electron chi connectivity index (χ4n) is 5.54. The Hall–Kier alpha value is -2.29. The predicted molar refractivity (Wildman–Crippen MR) is 224 cm³/mol. The van der Waals surface area contributed by atoms with Crippen LogP contribution in [0, 0.1) is 0 Å². The topological polar surface area (TPSA) is 134 Å². The molecule has 0 aliphatic heterocycles. The predicted octanol–water partition coefficient (Wildman–Crippen LogP) is 12.1. The van der Waals surface area contributed by atoms with Gasteiger partial charge in [-0.05, 0) is 57.8 Å². The summed E-state index contributed by atoms with van der Waals surface area (Å²) in [5.74, 6) is -0.845. The molecular weight excluding hydrogens is 701 g/mol. The monoisotopic (exact) mass is 780 g/mol. The van der Waals surface area contributed by atoms with Crippen molar-refractivity contribution in [3.63, 3.8) is 0 Å². The molecule has 0 saturated carbocycles. The van der Waals surface area contributed by atoms with Gasteiger partial charge < -0.3 is 20.1 Å². The van der Waals surface area contributed by atoms with Crippen LogP contribution < -0.4 is 5.73 Å². The van der Waals surface area contributed by atoms with Crippen LogP contribution in [0.3, 0.4) is 0 Å². The SMILES string of the molecule is CC/C=C\C/C=C\C/C=C\C/C=C\C/C=C\CCCCCCCCCC(=O)OC(COC(=O)CCCCCCCCCCCC)COP(=O)(O)OCCN. The van der Waals surface area contributed by atoms with Crippen molar-refractivity contribution < 1.29 is 37.6 Å². The zero-order chi connectivity index (χ0) is 39.6. The van der Waals surface area contributed by atoms with Gasteiger partial charge in [0.15, 0.2) is 6.10 Å². The molecule has 0 aliphatic rings. The van der Waals surface area contributed by atoms with Crippen LogP contribution in [0.1, 0.15) is 174 Å². The van der Waals surface area contributed by atoms with E-state index in [1.807, 2.05) is 0 Å². The molecule has 0 aliphatic carbocycles. The van der Waals surface area contributed by atoms with Crippen molar-refractivity contribution in [3.8, 4) is 0 Å². The number of unbranched alkanes of at least 4 members (excludes halogenated alkanes) is 16. The smallest absolute Gasteiger partial charge is 0.462 e. The normalized spacial score (nSPS) is 13.9. The third kappa shape index (κ3) is 39.4. The molecule has 0 spiro atoms. The summed E-state index contributed by atoms with van der Waals surface area (Å²) in [6.45, 7) is 3.58. The first-order valence-corrected chi connectivity index (χ1v) is 22.8. The lowest BCUT2D eigenvalue weighted by Gasteiger charge is -2.19. The quantitative estimate of drug-likeness (QED) is 0.0270. The molecule has 2 atom stereocenters. The van der Waals surface area contributed by atoms with Gasteiger partial charge in [0.05, 0.1) is 13.2 Å². The Morgan fingerprint density at radius 3 is 1.52 bits per heavy atom. The van der Waals surface area contributed by atoms with E-state index in [1.165, 1.54) is 64.2 Å². The number of rotatable bonds is 39. The van der Waals surface area contributed by atoms with Crippen molar-refractivity contribution in [1.82, 2.24) is 0 Å². The maximum absolute atomic E-state index is 12.6. The van der Waals surface area contributed by atoms with Gasteiger partial charge in [0.1, 0.15) is 6.61 Å². The van der Waals surface area contributed by atoms with Crippen LogP contribution >= 0.6 is 7.82 Å². The first-order valence-electron chi connectivity index (χ1n) is 21.3.